The van der Waals surface area contributed by atoms with E-state index in [9.17, 15) is 21.6 Å². The van der Waals surface area contributed by atoms with Gasteiger partial charge in [-0.1, -0.05) is 0 Å². The van der Waals surface area contributed by atoms with Gasteiger partial charge in [0.2, 0.25) is 0 Å². The summed E-state index contributed by atoms with van der Waals surface area (Å²) in [6.45, 7) is -2.13. The van der Waals surface area contributed by atoms with E-state index in [1.807, 2.05) is 0 Å². The molecule has 0 rings (SSSR count). The number of hydrogen-bond acceptors (Lipinski definition) is 2. The van der Waals surface area contributed by atoms with Crippen LogP contribution in [0.5, 0.6) is 0 Å². The van der Waals surface area contributed by atoms with E-state index in [0.29, 0.717) is 4.72 Å². The van der Waals surface area contributed by atoms with E-state index in [-0.39, 0.29) is 0 Å². The molecular formula is C2H3ClF3NO2S. The van der Waals surface area contributed by atoms with Crippen LogP contribution in [0.3, 0.4) is 0 Å². The van der Waals surface area contributed by atoms with Gasteiger partial charge in [0.25, 0.3) is 0 Å². The van der Waals surface area contributed by atoms with Crippen molar-refractivity contribution in [2.75, 3.05) is 6.67 Å². The summed E-state index contributed by atoms with van der Waals surface area (Å²) in [5, 5.41) is 0. The lowest BCUT2D eigenvalue weighted by atomic mass is 10.7. The summed E-state index contributed by atoms with van der Waals surface area (Å²) in [7, 11) is -0.251. The van der Waals surface area contributed by atoms with Crippen LogP contribution in [0.25, 0.3) is 0 Å². The van der Waals surface area contributed by atoms with Crippen LogP contribution in [0, 0.1) is 0 Å². The maximum Gasteiger partial charge on any atom is 0.343 e. The normalized spacial score (nSPS) is 13.6. The molecule has 0 unspecified atom stereocenters. The topological polar surface area (TPSA) is 46.2 Å². The molecule has 0 aromatic carbocycles. The van der Waals surface area contributed by atoms with Gasteiger partial charge in [0, 0.05) is 10.7 Å². The second kappa shape index (κ2) is 2.93. The zero-order valence-corrected chi connectivity index (χ0v) is 6.02. The van der Waals surface area contributed by atoms with Crippen molar-refractivity contribution in [1.82, 2.24) is 4.72 Å². The SMILES string of the molecule is O=S(=O)(Cl)NC(F)(F)CF. The Morgan fingerprint density at radius 3 is 2.00 bits per heavy atom. The molecule has 0 fully saturated rings. The van der Waals surface area contributed by atoms with Crippen molar-refractivity contribution in [3.05, 3.63) is 0 Å². The Kier molecular flexibility index (Phi) is 2.93. The van der Waals surface area contributed by atoms with Gasteiger partial charge in [-0.3, -0.25) is 0 Å². The van der Waals surface area contributed by atoms with Gasteiger partial charge >= 0.3 is 15.3 Å². The maximum absolute atomic E-state index is 11.7. The fourth-order valence-corrected chi connectivity index (χ4v) is 0.956. The van der Waals surface area contributed by atoms with Gasteiger partial charge in [0.1, 0.15) is 0 Å². The molecule has 0 aromatic rings. The molecule has 8 heteroatoms. The molecule has 62 valence electrons. The highest BCUT2D eigenvalue weighted by Gasteiger charge is 2.33. The zero-order valence-electron chi connectivity index (χ0n) is 4.44. The Hall–Kier alpha value is -0.0100. The monoisotopic (exact) mass is 197 g/mol. The molecule has 0 saturated carbocycles. The molecule has 0 aliphatic rings. The summed E-state index contributed by atoms with van der Waals surface area (Å²) in [4.78, 5) is 0. The van der Waals surface area contributed by atoms with Crippen LogP contribution in [-0.4, -0.2) is 21.1 Å². The van der Waals surface area contributed by atoms with Crippen molar-refractivity contribution in [2.24, 2.45) is 0 Å². The van der Waals surface area contributed by atoms with Gasteiger partial charge in [0.15, 0.2) is 6.67 Å². The van der Waals surface area contributed by atoms with Crippen LogP contribution in [0.1, 0.15) is 0 Å². The Morgan fingerprint density at radius 1 is 1.50 bits per heavy atom. The first-order valence-electron chi connectivity index (χ1n) is 1.94. The van der Waals surface area contributed by atoms with Crippen molar-refractivity contribution in [1.29, 1.82) is 0 Å². The second-order valence-corrected chi connectivity index (χ2v) is 3.68. The van der Waals surface area contributed by atoms with Gasteiger partial charge in [0.05, 0.1) is 0 Å². The third kappa shape index (κ3) is 4.83. The standard InChI is InChI=1S/C2H3ClF3NO2S/c3-10(8,9)7-2(5,6)1-4/h7H,1H2. The van der Waals surface area contributed by atoms with Crippen molar-refractivity contribution in [3.8, 4) is 0 Å². The number of rotatable bonds is 3. The van der Waals surface area contributed by atoms with Gasteiger partial charge in [-0.2, -0.15) is 17.2 Å². The molecule has 0 aliphatic heterocycles. The van der Waals surface area contributed by atoms with Crippen molar-refractivity contribution >= 4 is 19.9 Å². The van der Waals surface area contributed by atoms with Gasteiger partial charge in [-0.05, 0) is 0 Å². The molecule has 0 aliphatic carbocycles. The van der Waals surface area contributed by atoms with E-state index in [1.165, 1.54) is 0 Å². The van der Waals surface area contributed by atoms with Gasteiger partial charge < -0.3 is 0 Å². The van der Waals surface area contributed by atoms with E-state index in [0.717, 1.165) is 0 Å². The minimum atomic E-state index is -4.56. The average molecular weight is 198 g/mol. The largest absolute Gasteiger partial charge is 0.343 e. The minimum absolute atomic E-state index is 0.574. The Labute approximate surface area is 59.7 Å². The summed E-state index contributed by atoms with van der Waals surface area (Å²) in [6.07, 6.45) is 0. The van der Waals surface area contributed by atoms with Crippen LogP contribution >= 0.6 is 10.7 Å². The molecule has 1 N–H and O–H groups in total. The molecule has 0 aromatic heterocycles. The molecule has 0 heterocycles. The van der Waals surface area contributed by atoms with Crippen LogP contribution in [0.4, 0.5) is 13.2 Å². The molecule has 0 saturated heterocycles. The van der Waals surface area contributed by atoms with Crippen LogP contribution in [0.15, 0.2) is 0 Å². The Morgan fingerprint density at radius 2 is 1.90 bits per heavy atom. The second-order valence-electron chi connectivity index (χ2n) is 1.38. The highest BCUT2D eigenvalue weighted by molar-refractivity contribution is 8.12. The number of hydrogen-bond donors (Lipinski definition) is 1. The zero-order chi connectivity index (χ0) is 8.41. The molecule has 0 atom stereocenters. The van der Waals surface area contributed by atoms with E-state index in [2.05, 4.69) is 10.7 Å². The molecular weight excluding hydrogens is 195 g/mol. The summed E-state index contributed by atoms with van der Waals surface area (Å²) >= 11 is 0. The van der Waals surface area contributed by atoms with Crippen LogP contribution < -0.4 is 4.72 Å². The van der Waals surface area contributed by atoms with Crippen LogP contribution in [-0.2, 0) is 9.24 Å². The molecule has 0 amide bonds. The Bertz CT molecular complexity index is 203. The number of alkyl halides is 3. The van der Waals surface area contributed by atoms with Crippen LogP contribution in [0.2, 0.25) is 0 Å². The maximum atomic E-state index is 11.7. The smallest absolute Gasteiger partial charge is 0.243 e. The quantitative estimate of drug-likeness (QED) is 0.533. The van der Waals surface area contributed by atoms with E-state index >= 15 is 0 Å². The predicted octanol–water partition coefficient (Wildman–Crippen LogP) is 0.622. The summed E-state index contributed by atoms with van der Waals surface area (Å²) in [6, 6.07) is -4.11. The number of nitrogens with one attached hydrogen (secondary N) is 1. The molecule has 0 radical (unpaired) electrons. The summed E-state index contributed by atoms with van der Waals surface area (Å²) in [5.41, 5.74) is 0. The van der Waals surface area contributed by atoms with E-state index in [1.54, 1.807) is 0 Å². The fraction of sp³-hybridized carbons (Fsp3) is 1.00. The summed E-state index contributed by atoms with van der Waals surface area (Å²) < 4.78 is 54.8. The summed E-state index contributed by atoms with van der Waals surface area (Å²) in [5.74, 6) is 0. The predicted molar refractivity (Wildman–Crippen MR) is 28.8 cm³/mol. The molecule has 10 heavy (non-hydrogen) atoms. The van der Waals surface area contributed by atoms with Gasteiger partial charge in [-0.15, -0.1) is 4.72 Å². The number of halogens is 4. The first-order chi connectivity index (χ1) is 4.27. The van der Waals surface area contributed by atoms with Crippen molar-refractivity contribution in [2.45, 2.75) is 6.05 Å². The van der Waals surface area contributed by atoms with Crippen molar-refractivity contribution < 1.29 is 21.6 Å². The molecule has 0 spiro atoms. The average Bonchev–Trinajstić information content (AvgIpc) is 1.60. The highest BCUT2D eigenvalue weighted by atomic mass is 35.7. The minimum Gasteiger partial charge on any atom is -0.243 e. The lowest BCUT2D eigenvalue weighted by molar-refractivity contribution is -0.0324. The van der Waals surface area contributed by atoms with E-state index < -0.39 is 22.0 Å². The molecule has 0 bridgehead atoms. The van der Waals surface area contributed by atoms with E-state index in [4.69, 9.17) is 0 Å². The van der Waals surface area contributed by atoms with Crippen molar-refractivity contribution in [3.63, 3.8) is 0 Å². The first-order valence-corrected chi connectivity index (χ1v) is 4.25. The molecule has 3 nitrogen and oxygen atoms in total. The third-order valence-corrected chi connectivity index (χ3v) is 1.21. The first kappa shape index (κ1) is 9.99. The lowest BCUT2D eigenvalue weighted by Crippen LogP contribution is -2.40. The third-order valence-electron chi connectivity index (χ3n) is 0.439. The van der Waals surface area contributed by atoms with Gasteiger partial charge in [-0.25, -0.2) is 4.39 Å². The highest BCUT2D eigenvalue weighted by Crippen LogP contribution is 2.11. The Balaban J connectivity index is 4.16. The lowest BCUT2D eigenvalue weighted by Gasteiger charge is -2.09. The fourth-order valence-electron chi connectivity index (χ4n) is 0.206.